The van der Waals surface area contributed by atoms with E-state index in [1.54, 1.807) is 0 Å². The van der Waals surface area contributed by atoms with Crippen molar-refractivity contribution in [1.82, 2.24) is 14.5 Å². The largest absolute Gasteiger partial charge is 0.305 e. The Bertz CT molecular complexity index is 316. The zero-order valence-corrected chi connectivity index (χ0v) is 11.4. The van der Waals surface area contributed by atoms with Crippen molar-refractivity contribution in [3.8, 4) is 0 Å². The molecule has 0 saturated carbocycles. The van der Waals surface area contributed by atoms with Gasteiger partial charge in [0.15, 0.2) is 0 Å². The average molecular weight is 249 g/mol. The number of hydrogen-bond acceptors (Lipinski definition) is 4. The van der Waals surface area contributed by atoms with Crippen LogP contribution in [0.1, 0.15) is 6.92 Å². The van der Waals surface area contributed by atoms with E-state index in [1.807, 2.05) is 0 Å². The van der Waals surface area contributed by atoms with Crippen LogP contribution in [0.25, 0.3) is 0 Å². The predicted molar refractivity (Wildman–Crippen MR) is 65.9 cm³/mol. The van der Waals surface area contributed by atoms with Gasteiger partial charge in [0, 0.05) is 32.2 Å². The molecule has 0 aromatic carbocycles. The molecule has 0 bridgehead atoms. The zero-order chi connectivity index (χ0) is 12.3. The molecule has 1 heterocycles. The molecule has 0 spiro atoms. The van der Waals surface area contributed by atoms with E-state index in [-0.39, 0.29) is 0 Å². The fraction of sp³-hybridized carbons (Fsp3) is 1.00. The monoisotopic (exact) mass is 249 g/mol. The van der Waals surface area contributed by atoms with Crippen molar-refractivity contribution in [2.75, 3.05) is 46.5 Å². The molecule has 1 aliphatic rings. The standard InChI is InChI=1S/C10H23N3O2S/c1-9-7-13(8-10(9)12(2)3)6-5-11-16(4,14)15/h9-11H,5-8H2,1-4H3. The topological polar surface area (TPSA) is 52.7 Å². The van der Waals surface area contributed by atoms with Crippen LogP contribution in [-0.2, 0) is 10.0 Å². The first-order valence-corrected chi connectivity index (χ1v) is 7.52. The van der Waals surface area contributed by atoms with Crippen LogP contribution in [0.2, 0.25) is 0 Å². The molecule has 6 heteroatoms. The van der Waals surface area contributed by atoms with Gasteiger partial charge in [-0.2, -0.15) is 0 Å². The molecule has 0 aromatic heterocycles. The third-order valence-corrected chi connectivity index (χ3v) is 3.83. The maximum atomic E-state index is 10.9. The molecule has 1 saturated heterocycles. The molecule has 1 N–H and O–H groups in total. The van der Waals surface area contributed by atoms with Gasteiger partial charge in [-0.25, -0.2) is 13.1 Å². The van der Waals surface area contributed by atoms with Crippen molar-refractivity contribution >= 4 is 10.0 Å². The van der Waals surface area contributed by atoms with Crippen LogP contribution in [0.15, 0.2) is 0 Å². The first-order chi connectivity index (χ1) is 7.29. The second-order valence-corrected chi connectivity index (χ2v) is 6.77. The first kappa shape index (κ1) is 13.9. The molecule has 96 valence electrons. The summed E-state index contributed by atoms with van der Waals surface area (Å²) >= 11 is 0. The lowest BCUT2D eigenvalue weighted by Crippen LogP contribution is -2.36. The van der Waals surface area contributed by atoms with Crippen molar-refractivity contribution in [1.29, 1.82) is 0 Å². The lowest BCUT2D eigenvalue weighted by Gasteiger charge is -2.22. The molecular formula is C10H23N3O2S. The van der Waals surface area contributed by atoms with E-state index in [2.05, 4.69) is 35.5 Å². The highest BCUT2D eigenvalue weighted by atomic mass is 32.2. The Morgan fingerprint density at radius 2 is 2.00 bits per heavy atom. The summed E-state index contributed by atoms with van der Waals surface area (Å²) in [6.45, 7) is 5.62. The number of likely N-dealkylation sites (N-methyl/N-ethyl adjacent to an activating group) is 1. The smallest absolute Gasteiger partial charge is 0.208 e. The number of nitrogens with zero attached hydrogens (tertiary/aromatic N) is 2. The summed E-state index contributed by atoms with van der Waals surface area (Å²) in [5, 5.41) is 0. The maximum Gasteiger partial charge on any atom is 0.208 e. The van der Waals surface area contributed by atoms with Crippen molar-refractivity contribution in [3.05, 3.63) is 0 Å². The summed E-state index contributed by atoms with van der Waals surface area (Å²) < 4.78 is 24.3. The van der Waals surface area contributed by atoms with Gasteiger partial charge in [-0.15, -0.1) is 0 Å². The van der Waals surface area contributed by atoms with Gasteiger partial charge in [0.25, 0.3) is 0 Å². The van der Waals surface area contributed by atoms with Crippen LogP contribution in [-0.4, -0.2) is 70.8 Å². The van der Waals surface area contributed by atoms with Gasteiger partial charge in [-0.05, 0) is 20.0 Å². The number of hydrogen-bond donors (Lipinski definition) is 1. The van der Waals surface area contributed by atoms with Gasteiger partial charge >= 0.3 is 0 Å². The Morgan fingerprint density at radius 3 is 2.44 bits per heavy atom. The molecule has 1 fully saturated rings. The lowest BCUT2D eigenvalue weighted by molar-refractivity contribution is 0.253. The van der Waals surface area contributed by atoms with Crippen molar-refractivity contribution in [3.63, 3.8) is 0 Å². The quantitative estimate of drug-likeness (QED) is 0.708. The van der Waals surface area contributed by atoms with Crippen molar-refractivity contribution < 1.29 is 8.42 Å². The molecular weight excluding hydrogens is 226 g/mol. The highest BCUT2D eigenvalue weighted by Gasteiger charge is 2.30. The van der Waals surface area contributed by atoms with Crippen LogP contribution in [0.3, 0.4) is 0 Å². The summed E-state index contributed by atoms with van der Waals surface area (Å²) in [7, 11) is 1.15. The van der Waals surface area contributed by atoms with E-state index < -0.39 is 10.0 Å². The minimum Gasteiger partial charge on any atom is -0.305 e. The van der Waals surface area contributed by atoms with E-state index >= 15 is 0 Å². The molecule has 2 unspecified atom stereocenters. The Balaban J connectivity index is 2.31. The van der Waals surface area contributed by atoms with Crippen LogP contribution < -0.4 is 4.72 Å². The summed E-state index contributed by atoms with van der Waals surface area (Å²) in [6.07, 6.45) is 1.20. The molecule has 2 atom stereocenters. The molecule has 1 aliphatic heterocycles. The van der Waals surface area contributed by atoms with E-state index in [4.69, 9.17) is 0 Å². The fourth-order valence-electron chi connectivity index (χ4n) is 2.29. The van der Waals surface area contributed by atoms with Gasteiger partial charge in [-0.3, -0.25) is 0 Å². The number of nitrogens with one attached hydrogen (secondary N) is 1. The van der Waals surface area contributed by atoms with Gasteiger partial charge in [0.2, 0.25) is 10.0 Å². The third kappa shape index (κ3) is 4.37. The summed E-state index contributed by atoms with van der Waals surface area (Å²) in [4.78, 5) is 4.56. The molecule has 0 amide bonds. The van der Waals surface area contributed by atoms with Gasteiger partial charge in [-0.1, -0.05) is 6.92 Å². The lowest BCUT2D eigenvalue weighted by atomic mass is 10.1. The molecule has 5 nitrogen and oxygen atoms in total. The summed E-state index contributed by atoms with van der Waals surface area (Å²) in [6, 6.07) is 0.582. The Morgan fingerprint density at radius 1 is 1.38 bits per heavy atom. The zero-order valence-electron chi connectivity index (χ0n) is 10.6. The normalized spacial score (nSPS) is 27.8. The minimum absolute atomic E-state index is 0.506. The predicted octanol–water partition coefficient (Wildman–Crippen LogP) is -0.582. The molecule has 0 radical (unpaired) electrons. The summed E-state index contributed by atoms with van der Waals surface area (Å²) in [5.41, 5.74) is 0. The van der Waals surface area contributed by atoms with E-state index in [0.717, 1.165) is 19.6 Å². The second kappa shape index (κ2) is 5.44. The summed E-state index contributed by atoms with van der Waals surface area (Å²) in [5.74, 6) is 0.647. The second-order valence-electron chi connectivity index (χ2n) is 4.93. The minimum atomic E-state index is -3.05. The van der Waals surface area contributed by atoms with Crippen molar-refractivity contribution in [2.45, 2.75) is 13.0 Å². The van der Waals surface area contributed by atoms with Gasteiger partial charge in [0.05, 0.1) is 6.26 Å². The Hall–Kier alpha value is -0.170. The number of rotatable bonds is 5. The Kier molecular flexibility index (Phi) is 4.73. The van der Waals surface area contributed by atoms with Crippen LogP contribution >= 0.6 is 0 Å². The van der Waals surface area contributed by atoms with Crippen LogP contribution in [0.4, 0.5) is 0 Å². The SMILES string of the molecule is CC1CN(CCNS(C)(=O)=O)CC1N(C)C. The van der Waals surface area contributed by atoms with E-state index in [1.165, 1.54) is 6.26 Å². The highest BCUT2D eigenvalue weighted by Crippen LogP contribution is 2.19. The third-order valence-electron chi connectivity index (χ3n) is 3.10. The number of likely N-dealkylation sites (tertiary alicyclic amines) is 1. The van der Waals surface area contributed by atoms with Crippen LogP contribution in [0.5, 0.6) is 0 Å². The highest BCUT2D eigenvalue weighted by molar-refractivity contribution is 7.88. The van der Waals surface area contributed by atoms with Crippen molar-refractivity contribution in [2.24, 2.45) is 5.92 Å². The number of sulfonamides is 1. The average Bonchev–Trinajstić information content (AvgIpc) is 2.44. The van der Waals surface area contributed by atoms with Crippen LogP contribution in [0, 0.1) is 5.92 Å². The molecule has 1 rings (SSSR count). The molecule has 0 aliphatic carbocycles. The molecule has 0 aromatic rings. The van der Waals surface area contributed by atoms with Gasteiger partial charge in [0.1, 0.15) is 0 Å². The van der Waals surface area contributed by atoms with E-state index in [9.17, 15) is 8.42 Å². The Labute approximate surface area is 98.8 Å². The van der Waals surface area contributed by atoms with Gasteiger partial charge < -0.3 is 9.80 Å². The fourth-order valence-corrected chi connectivity index (χ4v) is 2.75. The maximum absolute atomic E-state index is 10.9. The first-order valence-electron chi connectivity index (χ1n) is 5.63. The molecule has 16 heavy (non-hydrogen) atoms. The van der Waals surface area contributed by atoms with E-state index in [0.29, 0.717) is 18.5 Å².